The summed E-state index contributed by atoms with van der Waals surface area (Å²) in [6.45, 7) is 11.5. The lowest BCUT2D eigenvalue weighted by atomic mass is 10.7. The van der Waals surface area contributed by atoms with Crippen molar-refractivity contribution in [1.29, 1.82) is 0 Å². The molecule has 0 fully saturated rings. The van der Waals surface area contributed by atoms with Crippen molar-refractivity contribution in [3.63, 3.8) is 0 Å². The predicted molar refractivity (Wildman–Crippen MR) is 70.8 cm³/mol. The van der Waals surface area contributed by atoms with Crippen LogP contribution in [0.4, 0.5) is 0 Å². The molecule has 0 spiro atoms. The number of alkyl halides is 1. The molecule has 0 amide bonds. The predicted octanol–water partition coefficient (Wildman–Crippen LogP) is 3.96. The number of hydrogen-bond acceptors (Lipinski definition) is 0. The van der Waals surface area contributed by atoms with E-state index in [-0.39, 0.29) is 0 Å². The van der Waals surface area contributed by atoms with Gasteiger partial charge in [0.25, 0.3) is 0 Å². The maximum Gasteiger partial charge on any atom is 0.0777 e. The zero-order valence-electron chi connectivity index (χ0n) is 8.21. The van der Waals surface area contributed by atoms with E-state index in [1.807, 2.05) is 18.2 Å². The van der Waals surface area contributed by atoms with Gasteiger partial charge in [-0.1, -0.05) is 53.9 Å². The minimum Gasteiger partial charge on any atom is -0.0995 e. The highest BCUT2D eigenvalue weighted by molar-refractivity contribution is 9.09. The standard InChI is InChI=1S/C11H19BrP/c1-4-8-13(9-5-2,10-6-3)11-7-12/h4-6H,1-3,7-11H2/q+1. The molecule has 0 aliphatic rings. The first-order valence-corrected chi connectivity index (χ1v) is 8.13. The van der Waals surface area contributed by atoms with Crippen LogP contribution in [0.3, 0.4) is 0 Å². The third-order valence-electron chi connectivity index (χ3n) is 2.11. The van der Waals surface area contributed by atoms with E-state index in [1.165, 1.54) is 6.16 Å². The van der Waals surface area contributed by atoms with Gasteiger partial charge in [0.15, 0.2) is 0 Å². The second kappa shape index (κ2) is 7.53. The molecule has 0 saturated heterocycles. The van der Waals surface area contributed by atoms with Crippen molar-refractivity contribution < 1.29 is 0 Å². The van der Waals surface area contributed by atoms with E-state index < -0.39 is 7.26 Å². The van der Waals surface area contributed by atoms with Gasteiger partial charge < -0.3 is 0 Å². The van der Waals surface area contributed by atoms with Gasteiger partial charge in [-0.3, -0.25) is 0 Å². The summed E-state index contributed by atoms with van der Waals surface area (Å²) in [7, 11) is -0.897. The van der Waals surface area contributed by atoms with Crippen LogP contribution < -0.4 is 0 Å². The Morgan fingerprint density at radius 1 is 0.923 bits per heavy atom. The second-order valence-corrected chi connectivity index (χ2v) is 8.19. The summed E-state index contributed by atoms with van der Waals surface area (Å²) in [5.74, 6) is 0. The highest BCUT2D eigenvalue weighted by Crippen LogP contribution is 2.58. The molecule has 0 unspecified atom stereocenters. The molecule has 0 radical (unpaired) electrons. The average molecular weight is 262 g/mol. The highest BCUT2D eigenvalue weighted by atomic mass is 79.9. The summed E-state index contributed by atoms with van der Waals surface area (Å²) in [4.78, 5) is 0. The summed E-state index contributed by atoms with van der Waals surface area (Å²) >= 11 is 3.52. The van der Waals surface area contributed by atoms with Crippen molar-refractivity contribution in [3.8, 4) is 0 Å². The lowest BCUT2D eigenvalue weighted by Gasteiger charge is -2.22. The van der Waals surface area contributed by atoms with Crippen molar-refractivity contribution in [1.82, 2.24) is 0 Å². The Morgan fingerprint density at radius 2 is 1.31 bits per heavy atom. The molecule has 0 N–H and O–H groups in total. The Labute approximate surface area is 91.3 Å². The van der Waals surface area contributed by atoms with Gasteiger partial charge in [-0.25, -0.2) is 0 Å². The van der Waals surface area contributed by atoms with E-state index in [0.717, 1.165) is 23.8 Å². The molecule has 0 atom stereocenters. The van der Waals surface area contributed by atoms with Crippen LogP contribution in [0.2, 0.25) is 0 Å². The van der Waals surface area contributed by atoms with Crippen LogP contribution in [0.25, 0.3) is 0 Å². The molecule has 0 heterocycles. The van der Waals surface area contributed by atoms with Gasteiger partial charge in [0.05, 0.1) is 24.6 Å². The second-order valence-electron chi connectivity index (χ2n) is 3.17. The van der Waals surface area contributed by atoms with E-state index in [4.69, 9.17) is 0 Å². The molecule has 0 rings (SSSR count). The van der Waals surface area contributed by atoms with E-state index in [1.54, 1.807) is 0 Å². The quantitative estimate of drug-likeness (QED) is 0.353. The SMILES string of the molecule is C=CC[P+](CC=C)(CC=C)CCBr. The molecule has 74 valence electrons. The van der Waals surface area contributed by atoms with Crippen molar-refractivity contribution in [2.24, 2.45) is 0 Å². The minimum absolute atomic E-state index is 0.897. The van der Waals surface area contributed by atoms with E-state index in [0.29, 0.717) is 0 Å². The maximum absolute atomic E-state index is 3.84. The number of rotatable bonds is 8. The first kappa shape index (κ1) is 13.1. The summed E-state index contributed by atoms with van der Waals surface area (Å²) in [5.41, 5.74) is 0. The molecule has 13 heavy (non-hydrogen) atoms. The Kier molecular flexibility index (Phi) is 7.60. The summed E-state index contributed by atoms with van der Waals surface area (Å²) < 4.78 is 0. The van der Waals surface area contributed by atoms with Crippen LogP contribution in [0.1, 0.15) is 0 Å². The number of hydrogen-bond donors (Lipinski definition) is 0. The molecule has 0 bridgehead atoms. The molecule has 0 aromatic heterocycles. The molecular weight excluding hydrogens is 243 g/mol. The van der Waals surface area contributed by atoms with Crippen LogP contribution in [0, 0.1) is 0 Å². The van der Waals surface area contributed by atoms with Crippen molar-refractivity contribution in [3.05, 3.63) is 38.0 Å². The molecule has 0 aromatic carbocycles. The monoisotopic (exact) mass is 261 g/mol. The van der Waals surface area contributed by atoms with Crippen LogP contribution in [-0.4, -0.2) is 30.0 Å². The van der Waals surface area contributed by atoms with E-state index in [2.05, 4.69) is 35.7 Å². The third kappa shape index (κ3) is 4.78. The first-order valence-electron chi connectivity index (χ1n) is 4.48. The average Bonchev–Trinajstić information content (AvgIpc) is 2.06. The Morgan fingerprint density at radius 3 is 1.54 bits per heavy atom. The van der Waals surface area contributed by atoms with Gasteiger partial charge in [-0.05, 0) is 0 Å². The van der Waals surface area contributed by atoms with Crippen LogP contribution in [0.5, 0.6) is 0 Å². The van der Waals surface area contributed by atoms with Crippen LogP contribution in [-0.2, 0) is 0 Å². The Bertz CT molecular complexity index is 148. The van der Waals surface area contributed by atoms with Crippen LogP contribution >= 0.6 is 23.2 Å². The molecule has 0 nitrogen and oxygen atoms in total. The van der Waals surface area contributed by atoms with Crippen molar-refractivity contribution >= 4 is 23.2 Å². The van der Waals surface area contributed by atoms with Crippen molar-refractivity contribution in [2.45, 2.75) is 0 Å². The third-order valence-corrected chi connectivity index (χ3v) is 7.39. The lowest BCUT2D eigenvalue weighted by Crippen LogP contribution is -2.09. The summed E-state index contributed by atoms with van der Waals surface area (Å²) in [6, 6.07) is 0. The van der Waals surface area contributed by atoms with Gasteiger partial charge in [-0.2, -0.15) is 0 Å². The van der Waals surface area contributed by atoms with Gasteiger partial charge >= 0.3 is 0 Å². The lowest BCUT2D eigenvalue weighted by molar-refractivity contribution is 1.40. The largest absolute Gasteiger partial charge is 0.0995 e. The number of halogens is 1. The smallest absolute Gasteiger partial charge is 0.0777 e. The molecule has 0 saturated carbocycles. The van der Waals surface area contributed by atoms with Gasteiger partial charge in [0.1, 0.15) is 0 Å². The van der Waals surface area contributed by atoms with Gasteiger partial charge in [0.2, 0.25) is 0 Å². The van der Waals surface area contributed by atoms with E-state index in [9.17, 15) is 0 Å². The summed E-state index contributed by atoms with van der Waals surface area (Å²) in [5, 5.41) is 1.08. The maximum atomic E-state index is 3.84. The Balaban J connectivity index is 4.44. The normalized spacial score (nSPS) is 10.8. The zero-order valence-corrected chi connectivity index (χ0v) is 10.7. The van der Waals surface area contributed by atoms with Crippen molar-refractivity contribution in [2.75, 3.05) is 30.0 Å². The first-order chi connectivity index (χ1) is 6.24. The fourth-order valence-electron chi connectivity index (χ4n) is 1.50. The molecule has 2 heteroatoms. The number of allylic oxidation sites excluding steroid dienone is 3. The molecule has 0 aliphatic heterocycles. The summed E-state index contributed by atoms with van der Waals surface area (Å²) in [6.07, 6.45) is 10.8. The topological polar surface area (TPSA) is 0 Å². The fourth-order valence-corrected chi connectivity index (χ4v) is 6.75. The molecule has 0 aromatic rings. The molecule has 0 aliphatic carbocycles. The van der Waals surface area contributed by atoms with Crippen LogP contribution in [0.15, 0.2) is 38.0 Å². The van der Waals surface area contributed by atoms with E-state index >= 15 is 0 Å². The zero-order chi connectivity index (χ0) is 10.2. The van der Waals surface area contributed by atoms with Gasteiger partial charge in [0, 0.05) is 12.6 Å². The Hall–Kier alpha value is 0.130. The highest BCUT2D eigenvalue weighted by Gasteiger charge is 2.32. The molecular formula is C11H19BrP+. The minimum atomic E-state index is -0.897. The van der Waals surface area contributed by atoms with Gasteiger partial charge in [-0.15, -0.1) is 0 Å². The fraction of sp³-hybridized carbons (Fsp3) is 0.455.